The number of carbonyl (C=O) groups is 1. The largest absolute Gasteiger partial charge is 0.351 e. The summed E-state index contributed by atoms with van der Waals surface area (Å²) in [6, 6.07) is 15.0. The molecule has 2 aromatic carbocycles. The molecule has 140 valence electrons. The molecule has 2 rings (SSSR count). The highest BCUT2D eigenvalue weighted by Gasteiger charge is 2.13. The first-order chi connectivity index (χ1) is 12.2. The van der Waals surface area contributed by atoms with Gasteiger partial charge in [0.2, 0.25) is 15.9 Å². The smallest absolute Gasteiger partial charge is 0.233 e. The minimum absolute atomic E-state index is 0.0271. The minimum Gasteiger partial charge on any atom is -0.351 e. The highest BCUT2D eigenvalue weighted by molar-refractivity contribution is 9.10. The monoisotopic (exact) mass is 456 g/mol. The number of nitrogens with one attached hydrogen (secondary N) is 1. The Morgan fingerprint density at radius 1 is 1.08 bits per heavy atom. The number of amides is 1. The van der Waals surface area contributed by atoms with Crippen LogP contribution in [0.25, 0.3) is 0 Å². The first kappa shape index (κ1) is 21.0. The molecule has 0 radical (unpaired) electrons. The molecule has 0 unspecified atom stereocenters. The molecule has 2 aromatic rings. The number of hydrogen-bond acceptors (Lipinski definition) is 4. The summed E-state index contributed by atoms with van der Waals surface area (Å²) < 4.78 is 23.2. The number of benzene rings is 2. The van der Waals surface area contributed by atoms with Crippen LogP contribution >= 0.6 is 27.7 Å². The highest BCUT2D eigenvalue weighted by atomic mass is 79.9. The van der Waals surface area contributed by atoms with E-state index in [4.69, 9.17) is 5.14 Å². The molecule has 3 N–H and O–H groups in total. The van der Waals surface area contributed by atoms with Gasteiger partial charge in [-0.05, 0) is 35.7 Å². The van der Waals surface area contributed by atoms with E-state index in [0.717, 1.165) is 15.8 Å². The van der Waals surface area contributed by atoms with E-state index < -0.39 is 10.0 Å². The molecule has 0 aromatic heterocycles. The van der Waals surface area contributed by atoms with Gasteiger partial charge in [-0.1, -0.05) is 52.3 Å². The molecule has 0 spiro atoms. The normalized spacial score (nSPS) is 12.6. The van der Waals surface area contributed by atoms with E-state index in [0.29, 0.717) is 12.1 Å². The first-order valence-corrected chi connectivity index (χ1v) is 11.5. The molecule has 0 fully saturated rings. The van der Waals surface area contributed by atoms with E-state index in [1.54, 1.807) is 36.0 Å². The SMILES string of the molecule is C[C@H](SCc1ccc(Br)cc1)C(=O)NCc1ccc(CS(N)(=O)=O)cc1. The lowest BCUT2D eigenvalue weighted by Crippen LogP contribution is -2.30. The molecule has 0 aliphatic heterocycles. The van der Waals surface area contributed by atoms with E-state index in [2.05, 4.69) is 21.2 Å². The zero-order valence-corrected chi connectivity index (χ0v) is 17.5. The fourth-order valence-electron chi connectivity index (χ4n) is 2.20. The van der Waals surface area contributed by atoms with Crippen LogP contribution in [0.1, 0.15) is 23.6 Å². The predicted molar refractivity (Wildman–Crippen MR) is 110 cm³/mol. The summed E-state index contributed by atoms with van der Waals surface area (Å²) in [5, 5.41) is 7.76. The van der Waals surface area contributed by atoms with E-state index in [9.17, 15) is 13.2 Å². The van der Waals surface area contributed by atoms with E-state index in [1.165, 1.54) is 5.56 Å². The molecule has 0 saturated heterocycles. The van der Waals surface area contributed by atoms with Crippen LogP contribution in [0.5, 0.6) is 0 Å². The van der Waals surface area contributed by atoms with E-state index >= 15 is 0 Å². The van der Waals surface area contributed by atoms with Crippen molar-refractivity contribution in [3.63, 3.8) is 0 Å². The van der Waals surface area contributed by atoms with Crippen LogP contribution in [0.4, 0.5) is 0 Å². The maximum absolute atomic E-state index is 12.2. The molecular weight excluding hydrogens is 436 g/mol. The van der Waals surface area contributed by atoms with Gasteiger partial charge < -0.3 is 5.32 Å². The van der Waals surface area contributed by atoms with Crippen LogP contribution in [0.2, 0.25) is 0 Å². The van der Waals surface area contributed by atoms with Crippen molar-refractivity contribution >= 4 is 43.6 Å². The van der Waals surface area contributed by atoms with Gasteiger partial charge in [0.15, 0.2) is 0 Å². The summed E-state index contributed by atoms with van der Waals surface area (Å²) in [5.41, 5.74) is 2.70. The maximum atomic E-state index is 12.2. The van der Waals surface area contributed by atoms with Gasteiger partial charge in [-0.2, -0.15) is 0 Å². The maximum Gasteiger partial charge on any atom is 0.233 e. The zero-order chi connectivity index (χ0) is 19.2. The fraction of sp³-hybridized carbons (Fsp3) is 0.278. The average Bonchev–Trinajstić information content (AvgIpc) is 2.58. The summed E-state index contributed by atoms with van der Waals surface area (Å²) in [6.45, 7) is 2.28. The van der Waals surface area contributed by atoms with Crippen LogP contribution < -0.4 is 10.5 Å². The molecule has 0 aliphatic carbocycles. The first-order valence-electron chi connectivity index (χ1n) is 7.95. The Labute approximate surface area is 166 Å². The summed E-state index contributed by atoms with van der Waals surface area (Å²) in [4.78, 5) is 12.2. The molecule has 0 aliphatic rings. The van der Waals surface area contributed by atoms with Crippen LogP contribution in [-0.2, 0) is 32.9 Å². The van der Waals surface area contributed by atoms with Gasteiger partial charge in [0, 0.05) is 16.8 Å². The third-order valence-electron chi connectivity index (χ3n) is 3.64. The van der Waals surface area contributed by atoms with Crippen molar-refractivity contribution in [1.82, 2.24) is 5.32 Å². The van der Waals surface area contributed by atoms with Crippen LogP contribution in [0.3, 0.4) is 0 Å². The van der Waals surface area contributed by atoms with Gasteiger partial charge in [0.25, 0.3) is 0 Å². The Hall–Kier alpha value is -1.35. The standard InChI is InChI=1S/C18H21BrN2O3S2/c1-13(25-11-15-6-8-17(19)9-7-15)18(22)21-10-14-2-4-16(5-3-14)12-26(20,23)24/h2-9,13H,10-12H2,1H3,(H,21,22)(H2,20,23,24)/t13-/m0/s1. The van der Waals surface area contributed by atoms with Gasteiger partial charge in [-0.25, -0.2) is 13.6 Å². The Morgan fingerprint density at radius 3 is 2.19 bits per heavy atom. The second kappa shape index (κ2) is 9.55. The number of primary sulfonamides is 1. The van der Waals surface area contributed by atoms with Crippen molar-refractivity contribution in [3.8, 4) is 0 Å². The summed E-state index contributed by atoms with van der Waals surface area (Å²) >= 11 is 4.98. The topological polar surface area (TPSA) is 89.3 Å². The fourth-order valence-corrected chi connectivity index (χ4v) is 3.99. The third-order valence-corrected chi connectivity index (χ3v) is 6.12. The lowest BCUT2D eigenvalue weighted by Gasteiger charge is -2.12. The number of hydrogen-bond donors (Lipinski definition) is 2. The molecule has 1 atom stereocenters. The molecular formula is C18H21BrN2O3S2. The Bertz CT molecular complexity index is 838. The zero-order valence-electron chi connectivity index (χ0n) is 14.3. The van der Waals surface area contributed by atoms with Crippen molar-refractivity contribution in [1.29, 1.82) is 0 Å². The number of thioether (sulfide) groups is 1. The van der Waals surface area contributed by atoms with Crippen molar-refractivity contribution in [2.24, 2.45) is 5.14 Å². The van der Waals surface area contributed by atoms with Crippen LogP contribution in [-0.4, -0.2) is 19.6 Å². The molecule has 5 nitrogen and oxygen atoms in total. The highest BCUT2D eigenvalue weighted by Crippen LogP contribution is 2.19. The predicted octanol–water partition coefficient (Wildman–Crippen LogP) is 3.18. The lowest BCUT2D eigenvalue weighted by atomic mass is 10.1. The Balaban J connectivity index is 1.79. The quantitative estimate of drug-likeness (QED) is 0.637. The number of halogens is 1. The van der Waals surface area contributed by atoms with Crippen molar-refractivity contribution in [2.75, 3.05) is 0 Å². The van der Waals surface area contributed by atoms with Crippen molar-refractivity contribution < 1.29 is 13.2 Å². The number of nitrogens with two attached hydrogens (primary N) is 1. The second-order valence-corrected chi connectivity index (χ2v) is 9.78. The molecule has 0 saturated carbocycles. The molecule has 0 heterocycles. The number of sulfonamides is 1. The van der Waals surface area contributed by atoms with Crippen LogP contribution in [0, 0.1) is 0 Å². The molecule has 26 heavy (non-hydrogen) atoms. The van der Waals surface area contributed by atoms with Gasteiger partial charge in [-0.15, -0.1) is 11.8 Å². The lowest BCUT2D eigenvalue weighted by molar-refractivity contribution is -0.120. The molecule has 8 heteroatoms. The Morgan fingerprint density at radius 2 is 1.62 bits per heavy atom. The Kier molecular flexibility index (Phi) is 7.69. The van der Waals surface area contributed by atoms with Crippen LogP contribution in [0.15, 0.2) is 53.0 Å². The minimum atomic E-state index is -3.53. The van der Waals surface area contributed by atoms with Gasteiger partial charge >= 0.3 is 0 Å². The third kappa shape index (κ3) is 7.49. The number of carbonyl (C=O) groups excluding carboxylic acids is 1. The van der Waals surface area contributed by atoms with E-state index in [1.807, 2.05) is 31.2 Å². The summed E-state index contributed by atoms with van der Waals surface area (Å²) in [5.74, 6) is 0.550. The summed E-state index contributed by atoms with van der Waals surface area (Å²) in [6.07, 6.45) is 0. The van der Waals surface area contributed by atoms with Gasteiger partial charge in [0.1, 0.15) is 0 Å². The van der Waals surface area contributed by atoms with Gasteiger partial charge in [0.05, 0.1) is 11.0 Å². The van der Waals surface area contributed by atoms with E-state index in [-0.39, 0.29) is 16.9 Å². The average molecular weight is 457 g/mol. The number of rotatable bonds is 8. The van der Waals surface area contributed by atoms with Crippen molar-refractivity contribution in [2.45, 2.75) is 30.2 Å². The summed E-state index contributed by atoms with van der Waals surface area (Å²) in [7, 11) is -3.53. The molecule has 1 amide bonds. The molecule has 0 bridgehead atoms. The van der Waals surface area contributed by atoms with Gasteiger partial charge in [-0.3, -0.25) is 4.79 Å². The second-order valence-electron chi connectivity index (χ2n) is 5.92. The van der Waals surface area contributed by atoms with Crippen molar-refractivity contribution in [3.05, 3.63) is 69.7 Å².